The molecule has 0 saturated carbocycles. The van der Waals surface area contributed by atoms with Crippen LogP contribution in [0.1, 0.15) is 36.2 Å². The number of hydrogen-bond donors (Lipinski definition) is 3. The zero-order valence-corrected chi connectivity index (χ0v) is 19.3. The Kier molecular flexibility index (Phi) is 6.84. The number of allylic oxidation sites excluding steroid dienone is 1. The number of fused-ring (bicyclic) bond motifs is 1. The third-order valence-electron chi connectivity index (χ3n) is 6.16. The van der Waals surface area contributed by atoms with Gasteiger partial charge in [0, 0.05) is 56.6 Å². The summed E-state index contributed by atoms with van der Waals surface area (Å²) >= 11 is 0. The maximum absolute atomic E-state index is 15.1. The molecule has 0 bridgehead atoms. The van der Waals surface area contributed by atoms with Crippen LogP contribution in [-0.2, 0) is 22.5 Å². The Morgan fingerprint density at radius 3 is 2.71 bits per heavy atom. The van der Waals surface area contributed by atoms with Crippen molar-refractivity contribution >= 4 is 28.7 Å². The first-order valence-corrected chi connectivity index (χ1v) is 11.1. The highest BCUT2D eigenvalue weighted by atomic mass is 19.4. The van der Waals surface area contributed by atoms with Crippen molar-refractivity contribution in [3.05, 3.63) is 47.0 Å². The lowest BCUT2D eigenvalue weighted by Gasteiger charge is -2.27. The van der Waals surface area contributed by atoms with Gasteiger partial charge >= 0.3 is 6.18 Å². The minimum atomic E-state index is -4.88. The Bertz CT molecular complexity index is 1170. The fourth-order valence-corrected chi connectivity index (χ4v) is 4.34. The van der Waals surface area contributed by atoms with Crippen LogP contribution in [0.5, 0.6) is 0 Å². The van der Waals surface area contributed by atoms with E-state index in [0.717, 1.165) is 29.9 Å². The first-order valence-electron chi connectivity index (χ1n) is 11.1. The van der Waals surface area contributed by atoms with Crippen LogP contribution in [0, 0.1) is 11.2 Å². The monoisotopic (exact) mass is 494 g/mol. The van der Waals surface area contributed by atoms with Crippen molar-refractivity contribution in [1.29, 1.82) is 5.41 Å². The van der Waals surface area contributed by atoms with Crippen molar-refractivity contribution in [2.45, 2.75) is 38.5 Å². The van der Waals surface area contributed by atoms with Gasteiger partial charge in [-0.25, -0.2) is 4.39 Å². The van der Waals surface area contributed by atoms with E-state index >= 15 is 4.39 Å². The smallest absolute Gasteiger partial charge is 0.393 e. The molecule has 35 heavy (non-hydrogen) atoms. The molecule has 0 spiro atoms. The van der Waals surface area contributed by atoms with E-state index in [4.69, 9.17) is 10.1 Å². The minimum Gasteiger partial charge on any atom is -0.393 e. The van der Waals surface area contributed by atoms with Crippen LogP contribution in [0.4, 0.5) is 29.1 Å². The molecule has 2 aromatic rings. The Labute approximate surface area is 199 Å². The van der Waals surface area contributed by atoms with Gasteiger partial charge in [0.25, 0.3) is 0 Å². The molecule has 1 amide bonds. The SMILES string of the molecule is CN/C=C(\C(=N)C(F)(F)F)c1ccc(Nc2nn(C3CCOC3)c3c2CN(C(C)=O)CC3)c(F)c1. The normalized spacial score (nSPS) is 18.4. The van der Waals surface area contributed by atoms with Gasteiger partial charge in [0.15, 0.2) is 5.82 Å². The second kappa shape index (κ2) is 9.68. The van der Waals surface area contributed by atoms with Gasteiger partial charge in [0.2, 0.25) is 5.91 Å². The Hall–Kier alpha value is -3.41. The first-order chi connectivity index (χ1) is 16.6. The number of amides is 1. The van der Waals surface area contributed by atoms with E-state index in [0.29, 0.717) is 38.5 Å². The molecule has 3 heterocycles. The highest BCUT2D eigenvalue weighted by molar-refractivity contribution is 6.24. The Morgan fingerprint density at radius 2 is 2.11 bits per heavy atom. The molecule has 0 radical (unpaired) electrons. The van der Waals surface area contributed by atoms with Gasteiger partial charge in [-0.2, -0.15) is 18.3 Å². The number of rotatable bonds is 6. The molecular formula is C23H26F4N6O2. The second-order valence-electron chi connectivity index (χ2n) is 8.47. The quantitative estimate of drug-likeness (QED) is 0.420. The van der Waals surface area contributed by atoms with Crippen LogP contribution in [0.15, 0.2) is 24.4 Å². The molecule has 2 aliphatic heterocycles. The molecule has 1 saturated heterocycles. The van der Waals surface area contributed by atoms with E-state index in [-0.39, 0.29) is 23.2 Å². The first kappa shape index (κ1) is 24.7. The number of nitrogens with zero attached hydrogens (tertiary/aromatic N) is 3. The second-order valence-corrected chi connectivity index (χ2v) is 8.47. The summed E-state index contributed by atoms with van der Waals surface area (Å²) in [5.41, 5.74) is -0.408. The van der Waals surface area contributed by atoms with E-state index in [1.54, 1.807) is 4.90 Å². The topological polar surface area (TPSA) is 95.3 Å². The van der Waals surface area contributed by atoms with Gasteiger partial charge in [0.05, 0.1) is 24.9 Å². The lowest BCUT2D eigenvalue weighted by molar-refractivity contribution is -0.129. The number of carbonyl (C=O) groups is 1. The molecule has 1 aromatic carbocycles. The van der Waals surface area contributed by atoms with Crippen molar-refractivity contribution in [3.63, 3.8) is 0 Å². The summed E-state index contributed by atoms with van der Waals surface area (Å²) in [5.74, 6) is -0.491. The lowest BCUT2D eigenvalue weighted by Crippen LogP contribution is -2.35. The molecule has 3 N–H and O–H groups in total. The minimum absolute atomic E-state index is 0.0196. The van der Waals surface area contributed by atoms with Crippen molar-refractivity contribution < 1.29 is 27.1 Å². The molecule has 188 valence electrons. The standard InChI is InChI=1S/C23H26F4N6O2/c1-13(34)32-7-5-20-17(11-32)22(31-33(20)15-6-8-35-12-15)30-19-4-3-14(9-18(19)24)16(10-29-2)21(28)23(25,26)27/h3-4,9-10,15,28-29H,5-8,11-12H2,1-2H3,(H,30,31)/b16-10-,28-21?. The van der Waals surface area contributed by atoms with Crippen LogP contribution in [0.2, 0.25) is 0 Å². The van der Waals surface area contributed by atoms with Crippen molar-refractivity contribution in [2.24, 2.45) is 0 Å². The zero-order chi connectivity index (χ0) is 25.3. The number of ether oxygens (including phenoxy) is 1. The largest absolute Gasteiger partial charge is 0.433 e. The highest BCUT2D eigenvalue weighted by Gasteiger charge is 2.37. The van der Waals surface area contributed by atoms with E-state index in [9.17, 15) is 18.0 Å². The summed E-state index contributed by atoms with van der Waals surface area (Å²) in [5, 5.41) is 17.6. The van der Waals surface area contributed by atoms with Crippen molar-refractivity contribution in [3.8, 4) is 0 Å². The van der Waals surface area contributed by atoms with Crippen LogP contribution < -0.4 is 10.6 Å². The van der Waals surface area contributed by atoms with Gasteiger partial charge in [-0.15, -0.1) is 0 Å². The molecule has 8 nitrogen and oxygen atoms in total. The maximum Gasteiger partial charge on any atom is 0.433 e. The average molecular weight is 494 g/mol. The third-order valence-corrected chi connectivity index (χ3v) is 6.16. The van der Waals surface area contributed by atoms with Crippen molar-refractivity contribution in [2.75, 3.05) is 32.1 Å². The lowest BCUT2D eigenvalue weighted by atomic mass is 10.0. The summed E-state index contributed by atoms with van der Waals surface area (Å²) in [7, 11) is 1.40. The number of hydrogen-bond acceptors (Lipinski definition) is 6. The number of carbonyl (C=O) groups excluding carboxylic acids is 1. The highest BCUT2D eigenvalue weighted by Crippen LogP contribution is 2.34. The van der Waals surface area contributed by atoms with Gasteiger partial charge in [-0.05, 0) is 24.1 Å². The maximum atomic E-state index is 15.1. The van der Waals surface area contributed by atoms with Gasteiger partial charge < -0.3 is 20.3 Å². The fourth-order valence-electron chi connectivity index (χ4n) is 4.34. The number of alkyl halides is 3. The third kappa shape index (κ3) is 5.02. The van der Waals surface area contributed by atoms with E-state index < -0.39 is 23.3 Å². The molecule has 1 aromatic heterocycles. The summed E-state index contributed by atoms with van der Waals surface area (Å²) in [6.45, 7) is 3.49. The summed E-state index contributed by atoms with van der Waals surface area (Å²) in [6.07, 6.45) is -2.48. The van der Waals surface area contributed by atoms with Crippen LogP contribution in [0.3, 0.4) is 0 Å². The summed E-state index contributed by atoms with van der Waals surface area (Å²) < 4.78 is 61.8. The predicted octanol–water partition coefficient (Wildman–Crippen LogP) is 3.77. The average Bonchev–Trinajstić information content (AvgIpc) is 3.45. The Morgan fingerprint density at radius 1 is 1.34 bits per heavy atom. The van der Waals surface area contributed by atoms with Crippen LogP contribution >= 0.6 is 0 Å². The zero-order valence-electron chi connectivity index (χ0n) is 19.3. The molecule has 1 atom stereocenters. The van der Waals surface area contributed by atoms with E-state index in [1.807, 2.05) is 4.68 Å². The predicted molar refractivity (Wildman–Crippen MR) is 122 cm³/mol. The molecule has 2 aliphatic rings. The molecule has 0 aliphatic carbocycles. The number of benzene rings is 1. The number of nitrogens with one attached hydrogen (secondary N) is 3. The van der Waals surface area contributed by atoms with Gasteiger partial charge in [0.1, 0.15) is 11.5 Å². The molecule has 1 unspecified atom stereocenters. The van der Waals surface area contributed by atoms with Gasteiger partial charge in [-0.1, -0.05) is 6.07 Å². The van der Waals surface area contributed by atoms with Crippen LogP contribution in [0.25, 0.3) is 5.57 Å². The summed E-state index contributed by atoms with van der Waals surface area (Å²) in [6, 6.07) is 3.61. The number of halogens is 4. The Balaban J connectivity index is 1.67. The number of anilines is 2. The van der Waals surface area contributed by atoms with Gasteiger partial charge in [-0.3, -0.25) is 14.9 Å². The van der Waals surface area contributed by atoms with Crippen molar-refractivity contribution in [1.82, 2.24) is 20.0 Å². The van der Waals surface area contributed by atoms with Crippen LogP contribution in [-0.4, -0.2) is 59.3 Å². The molecule has 12 heteroatoms. The molecule has 1 fully saturated rings. The number of aromatic nitrogens is 2. The molecular weight excluding hydrogens is 468 g/mol. The van der Waals surface area contributed by atoms with E-state index in [2.05, 4.69) is 15.7 Å². The van der Waals surface area contributed by atoms with E-state index in [1.165, 1.54) is 26.1 Å². The fraction of sp³-hybridized carbons (Fsp3) is 0.435. The molecule has 4 rings (SSSR count). The summed E-state index contributed by atoms with van der Waals surface area (Å²) in [4.78, 5) is 13.6.